The zero-order chi connectivity index (χ0) is 6.86. The maximum absolute atomic E-state index is 5.62. The van der Waals surface area contributed by atoms with E-state index in [1.54, 1.807) is 0 Å². The fraction of sp³-hybridized carbons (Fsp3) is 0.875. The fourth-order valence-corrected chi connectivity index (χ4v) is 1.87. The third-order valence-electron chi connectivity index (χ3n) is 2.57. The summed E-state index contributed by atoms with van der Waals surface area (Å²) in [6.45, 7) is 4.24. The molecule has 57 valence electrons. The molecule has 0 aromatic rings. The van der Waals surface area contributed by atoms with E-state index in [1.807, 2.05) is 6.61 Å². The van der Waals surface area contributed by atoms with Gasteiger partial charge >= 0.3 is 0 Å². The van der Waals surface area contributed by atoms with Crippen LogP contribution < -0.4 is 5.32 Å². The van der Waals surface area contributed by atoms with Crippen LogP contribution in [0.5, 0.6) is 0 Å². The van der Waals surface area contributed by atoms with Crippen molar-refractivity contribution in [2.45, 2.75) is 31.3 Å². The number of piperidine rings is 1. The molecule has 1 radical (unpaired) electrons. The Kier molecular flexibility index (Phi) is 1.66. The van der Waals surface area contributed by atoms with Gasteiger partial charge in [0, 0.05) is 0 Å². The number of hydrogen-bond acceptors (Lipinski definition) is 2. The molecule has 2 fully saturated rings. The smallest absolute Gasteiger partial charge is 0.0845 e. The Morgan fingerprint density at radius 2 is 2.00 bits per heavy atom. The molecule has 2 heteroatoms. The Morgan fingerprint density at radius 3 is 2.60 bits per heavy atom. The quantitative estimate of drug-likeness (QED) is 0.543. The summed E-state index contributed by atoms with van der Waals surface area (Å²) in [7, 11) is 0. The lowest BCUT2D eigenvalue weighted by Crippen LogP contribution is -2.40. The summed E-state index contributed by atoms with van der Waals surface area (Å²) in [6.07, 6.45) is 4.79. The normalized spacial score (nSPS) is 31.2. The molecule has 0 aromatic carbocycles. The molecular weight excluding hydrogens is 126 g/mol. The minimum absolute atomic E-state index is 0.255. The topological polar surface area (TPSA) is 21.3 Å². The number of ether oxygens (including phenoxy) is 1. The Labute approximate surface area is 61.9 Å². The molecule has 10 heavy (non-hydrogen) atoms. The van der Waals surface area contributed by atoms with Crippen molar-refractivity contribution in [2.75, 3.05) is 13.1 Å². The average Bonchev–Trinajstić information content (AvgIpc) is 2.39. The van der Waals surface area contributed by atoms with Gasteiger partial charge in [0.05, 0.1) is 12.2 Å². The maximum atomic E-state index is 5.62. The van der Waals surface area contributed by atoms with E-state index in [0.717, 1.165) is 19.5 Å². The molecule has 1 spiro atoms. The van der Waals surface area contributed by atoms with E-state index >= 15 is 0 Å². The van der Waals surface area contributed by atoms with Crippen LogP contribution in [0.2, 0.25) is 0 Å². The largest absolute Gasteiger partial charge is 0.369 e. The highest BCUT2D eigenvalue weighted by Gasteiger charge is 2.36. The van der Waals surface area contributed by atoms with Crippen molar-refractivity contribution in [2.24, 2.45) is 0 Å². The van der Waals surface area contributed by atoms with Crippen LogP contribution in [0, 0.1) is 6.61 Å². The van der Waals surface area contributed by atoms with Crippen LogP contribution in [0.1, 0.15) is 25.7 Å². The highest BCUT2D eigenvalue weighted by Crippen LogP contribution is 2.35. The second-order valence-electron chi connectivity index (χ2n) is 3.26. The summed E-state index contributed by atoms with van der Waals surface area (Å²) in [6, 6.07) is 0. The number of rotatable bonds is 0. The van der Waals surface area contributed by atoms with E-state index in [2.05, 4.69) is 5.32 Å². The first-order valence-corrected chi connectivity index (χ1v) is 4.12. The molecule has 0 saturated carbocycles. The van der Waals surface area contributed by atoms with Gasteiger partial charge in [-0.25, -0.2) is 0 Å². The predicted octanol–water partition coefficient (Wildman–Crippen LogP) is 1.08. The molecule has 2 aliphatic rings. The lowest BCUT2D eigenvalue weighted by atomic mass is 9.90. The van der Waals surface area contributed by atoms with Crippen molar-refractivity contribution in [1.82, 2.24) is 5.32 Å². The molecule has 2 nitrogen and oxygen atoms in total. The first-order valence-electron chi connectivity index (χ1n) is 4.12. The van der Waals surface area contributed by atoms with Crippen molar-refractivity contribution in [3.05, 3.63) is 6.61 Å². The van der Waals surface area contributed by atoms with Crippen molar-refractivity contribution < 1.29 is 4.74 Å². The van der Waals surface area contributed by atoms with Crippen LogP contribution in [0.3, 0.4) is 0 Å². The minimum Gasteiger partial charge on any atom is -0.369 e. The zero-order valence-electron chi connectivity index (χ0n) is 6.23. The summed E-state index contributed by atoms with van der Waals surface area (Å²) in [5.74, 6) is 0. The average molecular weight is 140 g/mol. The van der Waals surface area contributed by atoms with E-state index in [4.69, 9.17) is 4.74 Å². The van der Waals surface area contributed by atoms with Crippen LogP contribution >= 0.6 is 0 Å². The van der Waals surface area contributed by atoms with Gasteiger partial charge in [0.25, 0.3) is 0 Å². The molecule has 2 rings (SSSR count). The minimum atomic E-state index is 0.255. The van der Waals surface area contributed by atoms with E-state index in [-0.39, 0.29) is 5.60 Å². The maximum Gasteiger partial charge on any atom is 0.0845 e. The molecule has 0 unspecified atom stereocenters. The molecule has 2 saturated heterocycles. The molecule has 1 N–H and O–H groups in total. The summed E-state index contributed by atoms with van der Waals surface area (Å²) >= 11 is 0. The summed E-state index contributed by atoms with van der Waals surface area (Å²) in [4.78, 5) is 0. The van der Waals surface area contributed by atoms with E-state index in [0.29, 0.717) is 0 Å². The Bertz CT molecular complexity index is 110. The van der Waals surface area contributed by atoms with E-state index < -0.39 is 0 Å². The van der Waals surface area contributed by atoms with E-state index in [9.17, 15) is 0 Å². The third-order valence-corrected chi connectivity index (χ3v) is 2.57. The van der Waals surface area contributed by atoms with Crippen LogP contribution in [0.25, 0.3) is 0 Å². The molecule has 2 aliphatic heterocycles. The van der Waals surface area contributed by atoms with Gasteiger partial charge in [0.1, 0.15) is 0 Å². The van der Waals surface area contributed by atoms with Crippen molar-refractivity contribution in [3.63, 3.8) is 0 Å². The monoisotopic (exact) mass is 140 g/mol. The lowest BCUT2D eigenvalue weighted by Gasteiger charge is -2.32. The van der Waals surface area contributed by atoms with Crippen LogP contribution in [0.15, 0.2) is 0 Å². The van der Waals surface area contributed by atoms with Crippen LogP contribution in [-0.4, -0.2) is 18.7 Å². The third kappa shape index (κ3) is 1.06. The van der Waals surface area contributed by atoms with Gasteiger partial charge in [-0.3, -0.25) is 0 Å². The predicted molar refractivity (Wildman–Crippen MR) is 39.5 cm³/mol. The van der Waals surface area contributed by atoms with Gasteiger partial charge in [-0.15, -0.1) is 0 Å². The number of nitrogens with one attached hydrogen (secondary N) is 1. The molecule has 2 heterocycles. The first-order chi connectivity index (χ1) is 4.91. The second-order valence-corrected chi connectivity index (χ2v) is 3.26. The van der Waals surface area contributed by atoms with Crippen LogP contribution in [-0.2, 0) is 4.74 Å². The van der Waals surface area contributed by atoms with Gasteiger partial charge in [-0.2, -0.15) is 0 Å². The van der Waals surface area contributed by atoms with Gasteiger partial charge < -0.3 is 10.1 Å². The lowest BCUT2D eigenvalue weighted by molar-refractivity contribution is 0.00714. The highest BCUT2D eigenvalue weighted by atomic mass is 16.5. The summed E-state index contributed by atoms with van der Waals surface area (Å²) < 4.78 is 5.62. The van der Waals surface area contributed by atoms with Crippen molar-refractivity contribution >= 4 is 0 Å². The molecule has 0 bridgehead atoms. The summed E-state index contributed by atoms with van der Waals surface area (Å²) in [5.41, 5.74) is 0.255. The van der Waals surface area contributed by atoms with Gasteiger partial charge in [-0.1, -0.05) is 0 Å². The van der Waals surface area contributed by atoms with Gasteiger partial charge in [0.15, 0.2) is 0 Å². The van der Waals surface area contributed by atoms with Crippen LogP contribution in [0.4, 0.5) is 0 Å². The van der Waals surface area contributed by atoms with E-state index in [1.165, 1.54) is 19.3 Å². The van der Waals surface area contributed by atoms with Gasteiger partial charge in [-0.05, 0) is 38.8 Å². The Hall–Kier alpha value is -0.0800. The second kappa shape index (κ2) is 2.51. The molecule has 0 aliphatic carbocycles. The molecule has 0 aromatic heterocycles. The SMILES string of the molecule is [CH]1CCC2(CCNCC2)O1. The standard InChI is InChI=1S/C8H14NO/c1-2-8(10-7-1)3-5-9-6-4-8/h7,9H,1-6H2. The first kappa shape index (κ1) is 6.62. The molecule has 0 amide bonds. The van der Waals surface area contributed by atoms with Crippen molar-refractivity contribution in [1.29, 1.82) is 0 Å². The fourth-order valence-electron chi connectivity index (χ4n) is 1.87. The summed E-state index contributed by atoms with van der Waals surface area (Å²) in [5, 5.41) is 3.34. The Balaban J connectivity index is 1.98. The highest BCUT2D eigenvalue weighted by molar-refractivity contribution is 4.92. The van der Waals surface area contributed by atoms with Gasteiger partial charge in [0.2, 0.25) is 0 Å². The number of hydrogen-bond donors (Lipinski definition) is 1. The Morgan fingerprint density at radius 1 is 1.20 bits per heavy atom. The molecular formula is C8H14NO. The van der Waals surface area contributed by atoms with Crippen molar-refractivity contribution in [3.8, 4) is 0 Å². The zero-order valence-corrected chi connectivity index (χ0v) is 6.23. The molecule has 0 atom stereocenters.